The molecule has 0 bridgehead atoms. The monoisotopic (exact) mass is 415 g/mol. The molecule has 0 radical (unpaired) electrons. The minimum atomic E-state index is -3.17. The third-order valence-corrected chi connectivity index (χ3v) is 6.52. The number of carbonyl (C=O) groups is 1. The van der Waals surface area contributed by atoms with Gasteiger partial charge in [-0.05, 0) is 35.2 Å². The summed E-state index contributed by atoms with van der Waals surface area (Å²) in [5.74, 6) is -0.160. The van der Waals surface area contributed by atoms with Crippen molar-refractivity contribution in [2.75, 3.05) is 42.7 Å². The molecule has 6 nitrogen and oxygen atoms in total. The van der Waals surface area contributed by atoms with E-state index in [-0.39, 0.29) is 11.3 Å². The molecule has 3 rings (SSSR count). The van der Waals surface area contributed by atoms with Gasteiger partial charge in [-0.3, -0.25) is 4.79 Å². The number of amides is 1. The Balaban J connectivity index is 1.73. The van der Waals surface area contributed by atoms with Crippen LogP contribution in [0.3, 0.4) is 0 Å². The summed E-state index contributed by atoms with van der Waals surface area (Å²) >= 11 is 0. The third kappa shape index (κ3) is 5.16. The van der Waals surface area contributed by atoms with Gasteiger partial charge in [0.15, 0.2) is 0 Å². The van der Waals surface area contributed by atoms with Crippen LogP contribution < -0.4 is 10.2 Å². The van der Waals surface area contributed by atoms with E-state index in [4.69, 9.17) is 0 Å². The van der Waals surface area contributed by atoms with Crippen LogP contribution in [0.2, 0.25) is 0 Å². The van der Waals surface area contributed by atoms with E-state index in [2.05, 4.69) is 31.0 Å². The fraction of sp³-hybridized carbons (Fsp3) is 0.409. The van der Waals surface area contributed by atoms with Crippen molar-refractivity contribution in [1.29, 1.82) is 0 Å². The first-order chi connectivity index (χ1) is 13.6. The van der Waals surface area contributed by atoms with Crippen LogP contribution in [0, 0.1) is 0 Å². The largest absolute Gasteiger partial charge is 0.367 e. The molecule has 1 N–H and O–H groups in total. The normalized spacial score (nSPS) is 15.9. The highest BCUT2D eigenvalue weighted by Gasteiger charge is 2.25. The molecule has 1 fully saturated rings. The van der Waals surface area contributed by atoms with Gasteiger partial charge >= 0.3 is 0 Å². The van der Waals surface area contributed by atoms with Crippen LogP contribution in [0.25, 0.3) is 0 Å². The summed E-state index contributed by atoms with van der Waals surface area (Å²) in [6, 6.07) is 15.3. The highest BCUT2D eigenvalue weighted by Crippen LogP contribution is 2.28. The van der Waals surface area contributed by atoms with E-state index < -0.39 is 10.0 Å². The average molecular weight is 416 g/mol. The van der Waals surface area contributed by atoms with Crippen molar-refractivity contribution in [3.8, 4) is 0 Å². The Morgan fingerprint density at radius 2 is 1.52 bits per heavy atom. The zero-order valence-electron chi connectivity index (χ0n) is 17.5. The molecule has 2 aromatic carbocycles. The Morgan fingerprint density at radius 3 is 2.07 bits per heavy atom. The van der Waals surface area contributed by atoms with Crippen molar-refractivity contribution in [3.05, 3.63) is 59.7 Å². The average Bonchev–Trinajstić information content (AvgIpc) is 2.67. The fourth-order valence-electron chi connectivity index (χ4n) is 3.43. The summed E-state index contributed by atoms with van der Waals surface area (Å²) in [7, 11) is -3.17. The van der Waals surface area contributed by atoms with Gasteiger partial charge in [0.05, 0.1) is 17.6 Å². The molecule has 0 saturated carbocycles. The predicted octanol–water partition coefficient (Wildman–Crippen LogP) is 3.32. The Bertz CT molecular complexity index is 971. The molecule has 1 heterocycles. The molecule has 1 saturated heterocycles. The zero-order valence-corrected chi connectivity index (χ0v) is 18.3. The standard InChI is InChI=1S/C22H29N3O3S/c1-22(2,3)18-11-9-17(10-12-18)21(26)23-19-7-5-6-8-20(19)24-13-15-25(16-14-24)29(4,27)28/h5-12H,13-16H2,1-4H3,(H,23,26). The lowest BCUT2D eigenvalue weighted by Crippen LogP contribution is -2.48. The lowest BCUT2D eigenvalue weighted by molar-refractivity contribution is 0.102. The first-order valence-electron chi connectivity index (χ1n) is 9.77. The number of benzene rings is 2. The second-order valence-corrected chi connectivity index (χ2v) is 10.4. The molecule has 2 aromatic rings. The highest BCUT2D eigenvalue weighted by molar-refractivity contribution is 7.88. The van der Waals surface area contributed by atoms with Gasteiger partial charge in [-0.25, -0.2) is 8.42 Å². The number of rotatable bonds is 4. The molecule has 29 heavy (non-hydrogen) atoms. The van der Waals surface area contributed by atoms with E-state index in [9.17, 15) is 13.2 Å². The molecule has 0 spiro atoms. The van der Waals surface area contributed by atoms with Crippen molar-refractivity contribution in [1.82, 2.24) is 4.31 Å². The van der Waals surface area contributed by atoms with Gasteiger partial charge < -0.3 is 10.2 Å². The lowest BCUT2D eigenvalue weighted by atomic mass is 9.87. The van der Waals surface area contributed by atoms with Crippen molar-refractivity contribution in [2.45, 2.75) is 26.2 Å². The van der Waals surface area contributed by atoms with Gasteiger partial charge in [0.2, 0.25) is 10.0 Å². The van der Waals surface area contributed by atoms with Gasteiger partial charge in [-0.15, -0.1) is 0 Å². The molecular formula is C22H29N3O3S. The molecule has 0 aliphatic carbocycles. The van der Waals surface area contributed by atoms with Crippen molar-refractivity contribution in [2.24, 2.45) is 0 Å². The van der Waals surface area contributed by atoms with E-state index in [0.717, 1.165) is 11.4 Å². The van der Waals surface area contributed by atoms with Crippen LogP contribution in [0.4, 0.5) is 11.4 Å². The van der Waals surface area contributed by atoms with E-state index in [1.54, 1.807) is 0 Å². The Morgan fingerprint density at radius 1 is 0.931 bits per heavy atom. The molecule has 0 aromatic heterocycles. The van der Waals surface area contributed by atoms with E-state index in [0.29, 0.717) is 31.7 Å². The molecule has 0 atom stereocenters. The van der Waals surface area contributed by atoms with Crippen LogP contribution in [0.5, 0.6) is 0 Å². The quantitative estimate of drug-likeness (QED) is 0.832. The number of nitrogens with zero attached hydrogens (tertiary/aromatic N) is 2. The number of para-hydroxylation sites is 2. The van der Waals surface area contributed by atoms with Crippen molar-refractivity contribution < 1.29 is 13.2 Å². The Kier molecular flexibility index (Phi) is 6.00. The Labute approximate surface area is 173 Å². The third-order valence-electron chi connectivity index (χ3n) is 5.21. The number of nitrogens with one attached hydrogen (secondary N) is 1. The number of hydrogen-bond donors (Lipinski definition) is 1. The first kappa shape index (κ1) is 21.3. The molecule has 0 unspecified atom stereocenters. The highest BCUT2D eigenvalue weighted by atomic mass is 32.2. The topological polar surface area (TPSA) is 69.7 Å². The summed E-state index contributed by atoms with van der Waals surface area (Å²) < 4.78 is 25.0. The van der Waals surface area contributed by atoms with Crippen molar-refractivity contribution in [3.63, 3.8) is 0 Å². The maximum Gasteiger partial charge on any atom is 0.255 e. The molecule has 1 amide bonds. The first-order valence-corrected chi connectivity index (χ1v) is 11.6. The van der Waals surface area contributed by atoms with E-state index >= 15 is 0 Å². The summed E-state index contributed by atoms with van der Waals surface area (Å²) in [5.41, 5.74) is 3.45. The number of hydrogen-bond acceptors (Lipinski definition) is 4. The molecule has 156 valence electrons. The van der Waals surface area contributed by atoms with Gasteiger partial charge in [-0.1, -0.05) is 45.0 Å². The van der Waals surface area contributed by atoms with E-state index in [1.165, 1.54) is 16.1 Å². The summed E-state index contributed by atoms with van der Waals surface area (Å²) in [6.45, 7) is 8.47. The lowest BCUT2D eigenvalue weighted by Gasteiger charge is -2.35. The summed E-state index contributed by atoms with van der Waals surface area (Å²) in [6.07, 6.45) is 1.24. The van der Waals surface area contributed by atoms with Crippen LogP contribution in [-0.4, -0.2) is 51.1 Å². The number of anilines is 2. The molecule has 1 aliphatic heterocycles. The van der Waals surface area contributed by atoms with Gasteiger partial charge in [0.1, 0.15) is 0 Å². The Hall–Kier alpha value is -2.38. The SMILES string of the molecule is CC(C)(C)c1ccc(C(=O)Nc2ccccc2N2CCN(S(C)(=O)=O)CC2)cc1. The van der Waals surface area contributed by atoms with Crippen LogP contribution in [-0.2, 0) is 15.4 Å². The maximum absolute atomic E-state index is 12.8. The van der Waals surface area contributed by atoms with Crippen LogP contribution in [0.15, 0.2) is 48.5 Å². The van der Waals surface area contributed by atoms with Crippen LogP contribution in [0.1, 0.15) is 36.7 Å². The summed E-state index contributed by atoms with van der Waals surface area (Å²) in [5, 5.41) is 3.01. The second kappa shape index (κ2) is 8.16. The predicted molar refractivity (Wildman–Crippen MR) is 118 cm³/mol. The summed E-state index contributed by atoms with van der Waals surface area (Å²) in [4.78, 5) is 14.9. The molecular weight excluding hydrogens is 386 g/mol. The fourth-order valence-corrected chi connectivity index (χ4v) is 4.26. The zero-order chi connectivity index (χ0) is 21.2. The van der Waals surface area contributed by atoms with Gasteiger partial charge in [-0.2, -0.15) is 4.31 Å². The maximum atomic E-state index is 12.8. The number of sulfonamides is 1. The van der Waals surface area contributed by atoms with Crippen LogP contribution >= 0.6 is 0 Å². The molecule has 7 heteroatoms. The van der Waals surface area contributed by atoms with Gasteiger partial charge in [0, 0.05) is 31.7 Å². The van der Waals surface area contributed by atoms with Gasteiger partial charge in [0.25, 0.3) is 5.91 Å². The number of carbonyl (C=O) groups excluding carboxylic acids is 1. The minimum absolute atomic E-state index is 0.0374. The minimum Gasteiger partial charge on any atom is -0.367 e. The smallest absolute Gasteiger partial charge is 0.255 e. The van der Waals surface area contributed by atoms with E-state index in [1.807, 2.05) is 48.5 Å². The van der Waals surface area contributed by atoms with Crippen molar-refractivity contribution >= 4 is 27.3 Å². The second-order valence-electron chi connectivity index (χ2n) is 8.45. The number of piperazine rings is 1. The molecule has 1 aliphatic rings.